The SMILES string of the molecule is OC[C@H]1O[C@@H](O[C@H]2[C@H](O)[C@@H](O)[C@H](O)O[C@@H]2CO)[C@H](O)[C@@H](O)[C@H]1O.OC[C@H]1O[C@H](O[C@H]2O[C@H](CO)[C@@H](O)[C@H](O)[C@H]2O)[C@H](O)[C@@H](O)[C@@H]1O. The number of ether oxygens (including phenoxy) is 6. The third kappa shape index (κ3) is 8.45. The zero-order valence-corrected chi connectivity index (χ0v) is 24.0. The summed E-state index contributed by atoms with van der Waals surface area (Å²) in [5.41, 5.74) is 0. The van der Waals surface area contributed by atoms with Gasteiger partial charge in [-0.1, -0.05) is 0 Å². The van der Waals surface area contributed by atoms with Gasteiger partial charge in [0.05, 0.1) is 26.4 Å². The van der Waals surface area contributed by atoms with Gasteiger partial charge >= 0.3 is 0 Å². The van der Waals surface area contributed by atoms with Gasteiger partial charge in [-0.15, -0.1) is 0 Å². The first-order chi connectivity index (χ1) is 21.6. The van der Waals surface area contributed by atoms with Gasteiger partial charge in [0.15, 0.2) is 25.2 Å². The van der Waals surface area contributed by atoms with Crippen molar-refractivity contribution in [1.29, 1.82) is 0 Å². The lowest BCUT2D eigenvalue weighted by Gasteiger charge is -2.45. The summed E-state index contributed by atoms with van der Waals surface area (Å²) < 4.78 is 30.6. The zero-order chi connectivity index (χ0) is 34.6. The Kier molecular flexibility index (Phi) is 14.8. The quantitative estimate of drug-likeness (QED) is 0.113. The number of hydrogen-bond acceptors (Lipinski definition) is 22. The van der Waals surface area contributed by atoms with E-state index in [1.807, 2.05) is 0 Å². The third-order valence-electron chi connectivity index (χ3n) is 7.94. The molecular weight excluding hydrogens is 640 g/mol. The molecule has 4 heterocycles. The van der Waals surface area contributed by atoms with Crippen molar-refractivity contribution >= 4 is 0 Å². The van der Waals surface area contributed by atoms with E-state index >= 15 is 0 Å². The Hall–Kier alpha value is -0.880. The molecule has 4 fully saturated rings. The summed E-state index contributed by atoms with van der Waals surface area (Å²) in [4.78, 5) is 0. The van der Waals surface area contributed by atoms with Crippen LogP contribution in [0.1, 0.15) is 0 Å². The molecular formula is C24H44O22. The Balaban J connectivity index is 0.000000250. The fourth-order valence-electron chi connectivity index (χ4n) is 5.06. The molecule has 4 aliphatic heterocycles. The molecule has 4 rings (SSSR count). The molecule has 20 atom stereocenters. The zero-order valence-electron chi connectivity index (χ0n) is 24.0. The summed E-state index contributed by atoms with van der Waals surface area (Å²) in [6, 6.07) is 0. The minimum absolute atomic E-state index is 0.667. The molecule has 0 aliphatic carbocycles. The molecule has 16 N–H and O–H groups in total. The highest BCUT2D eigenvalue weighted by Crippen LogP contribution is 2.30. The predicted octanol–water partition coefficient (Wildman–Crippen LogP) is -10.8. The molecule has 0 amide bonds. The molecule has 0 aromatic rings. The topological polar surface area (TPSA) is 379 Å². The lowest BCUT2D eigenvalue weighted by Crippen LogP contribution is -2.64. The smallest absolute Gasteiger partial charge is 0.189 e. The lowest BCUT2D eigenvalue weighted by molar-refractivity contribution is -0.376. The van der Waals surface area contributed by atoms with Crippen LogP contribution < -0.4 is 0 Å². The van der Waals surface area contributed by atoms with Gasteiger partial charge < -0.3 is 110 Å². The van der Waals surface area contributed by atoms with Gasteiger partial charge in [0.1, 0.15) is 97.7 Å². The maximum atomic E-state index is 9.94. The van der Waals surface area contributed by atoms with Crippen LogP contribution in [0.15, 0.2) is 0 Å². The second kappa shape index (κ2) is 17.2. The number of aliphatic hydroxyl groups excluding tert-OH is 16. The van der Waals surface area contributed by atoms with E-state index in [2.05, 4.69) is 0 Å². The molecule has 0 saturated carbocycles. The van der Waals surface area contributed by atoms with Gasteiger partial charge in [0, 0.05) is 0 Å². The Labute approximate surface area is 260 Å². The highest BCUT2D eigenvalue weighted by molar-refractivity contribution is 4.94. The molecule has 0 bridgehead atoms. The Morgan fingerprint density at radius 1 is 0.326 bits per heavy atom. The second-order valence-electron chi connectivity index (χ2n) is 11.1. The maximum Gasteiger partial charge on any atom is 0.189 e. The predicted molar refractivity (Wildman–Crippen MR) is 137 cm³/mol. The van der Waals surface area contributed by atoms with Crippen LogP contribution in [0.25, 0.3) is 0 Å². The van der Waals surface area contributed by atoms with Crippen LogP contribution in [0, 0.1) is 0 Å². The first-order valence-electron chi connectivity index (χ1n) is 14.2. The van der Waals surface area contributed by atoms with E-state index in [-0.39, 0.29) is 0 Å². The second-order valence-corrected chi connectivity index (χ2v) is 11.1. The van der Waals surface area contributed by atoms with Crippen LogP contribution in [0.4, 0.5) is 0 Å². The lowest BCUT2D eigenvalue weighted by atomic mass is 9.97. The minimum atomic E-state index is -1.74. The van der Waals surface area contributed by atoms with Crippen LogP contribution in [0.5, 0.6) is 0 Å². The Morgan fingerprint density at radius 2 is 0.652 bits per heavy atom. The molecule has 0 aromatic carbocycles. The fourth-order valence-corrected chi connectivity index (χ4v) is 5.06. The molecule has 4 saturated heterocycles. The summed E-state index contributed by atoms with van der Waals surface area (Å²) in [6.45, 7) is -2.68. The number of rotatable bonds is 8. The van der Waals surface area contributed by atoms with Gasteiger partial charge in [-0.05, 0) is 0 Å². The normalized spacial score (nSPS) is 51.7. The van der Waals surface area contributed by atoms with Gasteiger partial charge in [-0.25, -0.2) is 0 Å². The van der Waals surface area contributed by atoms with E-state index < -0.39 is 149 Å². The van der Waals surface area contributed by atoms with E-state index in [0.29, 0.717) is 0 Å². The van der Waals surface area contributed by atoms with Gasteiger partial charge in [0.2, 0.25) is 0 Å². The molecule has 0 spiro atoms. The molecule has 272 valence electrons. The molecule has 22 nitrogen and oxygen atoms in total. The average molecular weight is 685 g/mol. The Morgan fingerprint density at radius 3 is 0.978 bits per heavy atom. The molecule has 22 heteroatoms. The van der Waals surface area contributed by atoms with Crippen molar-refractivity contribution in [2.24, 2.45) is 0 Å². The van der Waals surface area contributed by atoms with Crippen LogP contribution >= 0.6 is 0 Å². The monoisotopic (exact) mass is 684 g/mol. The van der Waals surface area contributed by atoms with Gasteiger partial charge in [-0.3, -0.25) is 0 Å². The third-order valence-corrected chi connectivity index (χ3v) is 7.94. The molecule has 0 radical (unpaired) electrons. The molecule has 46 heavy (non-hydrogen) atoms. The molecule has 0 unspecified atom stereocenters. The van der Waals surface area contributed by atoms with Crippen molar-refractivity contribution in [1.82, 2.24) is 0 Å². The average Bonchev–Trinajstić information content (AvgIpc) is 3.05. The number of aliphatic hydroxyl groups is 16. The molecule has 4 aliphatic rings. The first kappa shape index (κ1) is 39.6. The van der Waals surface area contributed by atoms with E-state index in [1.165, 1.54) is 0 Å². The highest BCUT2D eigenvalue weighted by atomic mass is 16.8. The van der Waals surface area contributed by atoms with Crippen LogP contribution in [0.3, 0.4) is 0 Å². The van der Waals surface area contributed by atoms with Crippen molar-refractivity contribution in [2.45, 2.75) is 123 Å². The molecule has 0 aromatic heterocycles. The summed E-state index contributed by atoms with van der Waals surface area (Å²) in [6.07, 6.45) is -31.2. The van der Waals surface area contributed by atoms with E-state index in [4.69, 9.17) is 43.7 Å². The van der Waals surface area contributed by atoms with Crippen molar-refractivity contribution in [2.75, 3.05) is 26.4 Å². The van der Waals surface area contributed by atoms with Crippen LogP contribution in [-0.4, -0.2) is 231 Å². The fraction of sp³-hybridized carbons (Fsp3) is 1.00. The van der Waals surface area contributed by atoms with E-state index in [1.54, 1.807) is 0 Å². The van der Waals surface area contributed by atoms with E-state index in [9.17, 15) is 66.4 Å². The van der Waals surface area contributed by atoms with Crippen molar-refractivity contribution in [3.8, 4) is 0 Å². The summed E-state index contributed by atoms with van der Waals surface area (Å²) in [7, 11) is 0. The first-order valence-corrected chi connectivity index (χ1v) is 14.2. The number of hydrogen-bond donors (Lipinski definition) is 16. The Bertz CT molecular complexity index is 862. The van der Waals surface area contributed by atoms with Crippen molar-refractivity contribution < 1.29 is 110 Å². The van der Waals surface area contributed by atoms with Crippen molar-refractivity contribution in [3.63, 3.8) is 0 Å². The van der Waals surface area contributed by atoms with Crippen LogP contribution in [-0.2, 0) is 28.4 Å². The van der Waals surface area contributed by atoms with Gasteiger partial charge in [-0.2, -0.15) is 0 Å². The van der Waals surface area contributed by atoms with E-state index in [0.717, 1.165) is 0 Å². The summed E-state index contributed by atoms with van der Waals surface area (Å²) in [5, 5.41) is 153. The highest BCUT2D eigenvalue weighted by Gasteiger charge is 2.51. The largest absolute Gasteiger partial charge is 0.394 e. The summed E-state index contributed by atoms with van der Waals surface area (Å²) >= 11 is 0. The van der Waals surface area contributed by atoms with Gasteiger partial charge in [0.25, 0.3) is 0 Å². The minimum Gasteiger partial charge on any atom is -0.394 e. The maximum absolute atomic E-state index is 9.94. The van der Waals surface area contributed by atoms with Crippen molar-refractivity contribution in [3.05, 3.63) is 0 Å². The summed E-state index contributed by atoms with van der Waals surface area (Å²) in [5.74, 6) is 0. The van der Waals surface area contributed by atoms with Crippen LogP contribution in [0.2, 0.25) is 0 Å². The standard InChI is InChI=1S/2C12H22O11/c13-1-3-5(15)6(16)9(19)12(22-3)23-10-4(2-14)21-11(20)8(18)7(10)17;13-1-3-5(15)7(17)9(19)11(21-3)23-12-10(20)8(18)6(16)4(2-14)22-12/h2*3-20H,1-2H2/t3-,4-,5+,6+,7-,8-,9-,10-,11-,12+;3-,4-,5-,6-,7+,8+,9-,10-,11-,12-/m11/s1.